The van der Waals surface area contributed by atoms with Gasteiger partial charge in [0, 0.05) is 149 Å². The summed E-state index contributed by atoms with van der Waals surface area (Å²) in [6, 6.07) is 0. The van der Waals surface area contributed by atoms with Crippen molar-refractivity contribution in [2.45, 2.75) is 49.4 Å². The molecule has 8 aromatic rings. The van der Waals surface area contributed by atoms with Crippen molar-refractivity contribution >= 4 is 23.9 Å². The topological polar surface area (TPSA) is 516 Å². The van der Waals surface area contributed by atoms with E-state index in [1.165, 1.54) is 0 Å². The first-order valence-corrected chi connectivity index (χ1v) is 17.8. The summed E-state index contributed by atoms with van der Waals surface area (Å²) < 4.78 is 0. The monoisotopic (exact) mass is 1020 g/mol. The first-order chi connectivity index (χ1) is 29.1. The first kappa shape index (κ1) is 60.5. The predicted molar refractivity (Wildman–Crippen MR) is 209 cm³/mol. The standard InChI is InChI=1S/4C9H10N4O2.2Cu.4H2O/c4*14-7(15)5-6(8-10-1-2-11-8)9-12-3-4-13-9;;;;;;/h4*1-4,6H,5H2,(H,10,11)(H,12,13)(H,14,15);;;4*1H2/q;;;;2*+2;;;;/p-4. The Bertz CT molecular complexity index is 1910. The fourth-order valence-electron chi connectivity index (χ4n) is 5.70. The molecule has 0 fully saturated rings. The molecule has 2 radical (unpaired) electrons. The summed E-state index contributed by atoms with van der Waals surface area (Å²) in [7, 11) is 0. The van der Waals surface area contributed by atoms with Crippen molar-refractivity contribution in [1.29, 1.82) is 0 Å². The minimum atomic E-state index is -1.13. The Morgan fingerprint density at radius 3 is 0.515 bits per heavy atom. The maximum atomic E-state index is 10.6. The summed E-state index contributed by atoms with van der Waals surface area (Å²) in [5.41, 5.74) is 0. The summed E-state index contributed by atoms with van der Waals surface area (Å²) in [6.07, 6.45) is 25.1. The van der Waals surface area contributed by atoms with Crippen LogP contribution in [0.15, 0.2) is 99.1 Å². The van der Waals surface area contributed by atoms with E-state index in [0.717, 1.165) is 0 Å². The molecule has 8 heterocycles. The van der Waals surface area contributed by atoms with Crippen LogP contribution in [-0.4, -0.2) is 126 Å². The number of hydrogen-bond acceptors (Lipinski definition) is 16. The Morgan fingerprint density at radius 1 is 0.318 bits per heavy atom. The Labute approximate surface area is 393 Å². The molecule has 0 aliphatic carbocycles. The molecule has 8 aromatic heterocycles. The smallest absolute Gasteiger partial charge is 0.550 e. The summed E-state index contributed by atoms with van der Waals surface area (Å²) in [5.74, 6) is -1.68. The van der Waals surface area contributed by atoms with Gasteiger partial charge in [0.2, 0.25) is 0 Å². The van der Waals surface area contributed by atoms with Crippen LogP contribution in [0.5, 0.6) is 0 Å². The van der Waals surface area contributed by atoms with E-state index in [1.54, 1.807) is 99.1 Å². The van der Waals surface area contributed by atoms with Gasteiger partial charge in [-0.3, -0.25) is 0 Å². The van der Waals surface area contributed by atoms with Gasteiger partial charge < -0.3 is 101 Å². The maximum absolute atomic E-state index is 10.6. The van der Waals surface area contributed by atoms with Crippen LogP contribution in [-0.2, 0) is 53.3 Å². The van der Waals surface area contributed by atoms with Crippen LogP contribution in [0.25, 0.3) is 0 Å². The molecule has 0 atom stereocenters. The summed E-state index contributed by atoms with van der Waals surface area (Å²) in [5, 5.41) is 42.4. The number of nitrogens with one attached hydrogen (secondary N) is 8. The van der Waals surface area contributed by atoms with Crippen molar-refractivity contribution in [3.8, 4) is 0 Å². The number of nitrogens with zero attached hydrogens (tertiary/aromatic N) is 8. The molecule has 0 aliphatic rings. The number of carboxylic acids is 4. The molecule has 0 spiro atoms. The second-order valence-corrected chi connectivity index (χ2v) is 12.3. The van der Waals surface area contributed by atoms with Gasteiger partial charge in [0.05, 0.1) is 23.7 Å². The van der Waals surface area contributed by atoms with Gasteiger partial charge in [-0.05, 0) is 0 Å². The zero-order valence-electron chi connectivity index (χ0n) is 33.8. The molecule has 0 amide bonds. The third kappa shape index (κ3) is 18.7. The molecule has 0 saturated carbocycles. The molecule has 0 saturated heterocycles. The van der Waals surface area contributed by atoms with Gasteiger partial charge in [-0.15, -0.1) is 0 Å². The predicted octanol–water partition coefficient (Wildman–Crippen LogP) is -5.69. The second-order valence-electron chi connectivity index (χ2n) is 12.3. The summed E-state index contributed by atoms with van der Waals surface area (Å²) >= 11 is 0. The average molecular weight is 1020 g/mol. The number of imidazole rings is 8. The molecule has 66 heavy (non-hydrogen) atoms. The first-order valence-electron chi connectivity index (χ1n) is 17.8. The van der Waals surface area contributed by atoms with Crippen LogP contribution in [0.3, 0.4) is 0 Å². The average Bonchev–Trinajstić information content (AvgIpc) is 4.08. The normalized spacial score (nSPS) is 9.76. The van der Waals surface area contributed by atoms with Gasteiger partial charge >= 0.3 is 34.1 Å². The summed E-state index contributed by atoms with van der Waals surface area (Å²) in [6.45, 7) is 0. The van der Waals surface area contributed by atoms with E-state index in [4.69, 9.17) is 0 Å². The van der Waals surface area contributed by atoms with E-state index >= 15 is 0 Å². The van der Waals surface area contributed by atoms with Crippen molar-refractivity contribution in [1.82, 2.24) is 79.7 Å². The minimum Gasteiger partial charge on any atom is -0.550 e. The van der Waals surface area contributed by atoms with E-state index in [9.17, 15) is 39.6 Å². The number of aliphatic carboxylic acids is 4. The van der Waals surface area contributed by atoms with Crippen LogP contribution < -0.4 is 20.4 Å². The van der Waals surface area contributed by atoms with E-state index < -0.39 is 47.5 Å². The molecular formula is C36H44Cu2N16O12. The van der Waals surface area contributed by atoms with Gasteiger partial charge in [0.25, 0.3) is 0 Å². The molecule has 0 aromatic carbocycles. The van der Waals surface area contributed by atoms with Gasteiger partial charge in [-0.25, -0.2) is 39.9 Å². The Balaban J connectivity index is 0. The van der Waals surface area contributed by atoms with Gasteiger partial charge in [0.15, 0.2) is 0 Å². The van der Waals surface area contributed by atoms with Gasteiger partial charge in [-0.1, -0.05) is 0 Å². The number of aromatic amines is 8. The van der Waals surface area contributed by atoms with E-state index in [1.807, 2.05) is 0 Å². The van der Waals surface area contributed by atoms with Crippen molar-refractivity contribution in [2.24, 2.45) is 0 Å². The van der Waals surface area contributed by atoms with Crippen molar-refractivity contribution in [2.75, 3.05) is 0 Å². The Kier molecular flexibility index (Phi) is 28.7. The van der Waals surface area contributed by atoms with E-state index in [-0.39, 0.29) is 81.7 Å². The molecular weight excluding hydrogens is 976 g/mol. The molecule has 362 valence electrons. The molecule has 0 aliphatic heterocycles. The summed E-state index contributed by atoms with van der Waals surface area (Å²) in [4.78, 5) is 97.5. The number of rotatable bonds is 16. The van der Waals surface area contributed by atoms with Crippen molar-refractivity contribution in [3.05, 3.63) is 146 Å². The Hall–Kier alpha value is -7.56. The minimum absolute atomic E-state index is 0. The third-order valence-corrected chi connectivity index (χ3v) is 8.28. The number of carbonyl (C=O) groups is 4. The number of carboxylic acid groups (broad SMARTS) is 4. The number of hydrogen-bond donors (Lipinski definition) is 8. The molecule has 28 nitrogen and oxygen atoms in total. The Morgan fingerprint density at radius 2 is 0.439 bits per heavy atom. The van der Waals surface area contributed by atoms with Crippen LogP contribution in [0.1, 0.15) is 96.0 Å². The van der Waals surface area contributed by atoms with Gasteiger partial charge in [-0.2, -0.15) is 0 Å². The van der Waals surface area contributed by atoms with E-state index in [2.05, 4.69) is 79.7 Å². The number of carbonyl (C=O) groups excluding carboxylic acids is 4. The molecule has 0 bridgehead atoms. The zero-order chi connectivity index (χ0) is 42.7. The maximum Gasteiger partial charge on any atom is 2.00 e. The van der Waals surface area contributed by atoms with Crippen molar-refractivity contribution < 1.29 is 95.6 Å². The number of H-pyrrole nitrogens is 8. The van der Waals surface area contributed by atoms with Crippen LogP contribution in [0.4, 0.5) is 0 Å². The zero-order valence-corrected chi connectivity index (χ0v) is 35.7. The van der Waals surface area contributed by atoms with E-state index in [0.29, 0.717) is 46.6 Å². The fraction of sp³-hybridized carbons (Fsp3) is 0.222. The third-order valence-electron chi connectivity index (χ3n) is 8.28. The van der Waals surface area contributed by atoms with Crippen LogP contribution in [0.2, 0.25) is 0 Å². The van der Waals surface area contributed by atoms with Crippen LogP contribution in [0, 0.1) is 0 Å². The molecule has 8 rings (SSSR count). The van der Waals surface area contributed by atoms with Crippen molar-refractivity contribution in [3.63, 3.8) is 0 Å². The van der Waals surface area contributed by atoms with Gasteiger partial charge in [0.1, 0.15) is 46.6 Å². The second kappa shape index (κ2) is 31.3. The largest absolute Gasteiger partial charge is 2.00 e. The fourth-order valence-corrected chi connectivity index (χ4v) is 5.70. The SMILES string of the molecule is O.O.O.O.O=C([O-])CC(c1ncc[nH]1)c1ncc[nH]1.O=C([O-])CC(c1ncc[nH]1)c1ncc[nH]1.O=C([O-])CC(c1ncc[nH]1)c1ncc[nH]1.O=C([O-])CC(c1ncc[nH]1)c1ncc[nH]1.[Cu+2].[Cu+2]. The molecule has 30 heteroatoms. The quantitative estimate of drug-likeness (QED) is 0.0418. The molecule has 0 unspecified atom stereocenters. The van der Waals surface area contributed by atoms with Crippen LogP contribution >= 0.6 is 0 Å². The number of aromatic nitrogens is 16. The molecule has 16 N–H and O–H groups in total.